The Bertz CT molecular complexity index is 238. The first-order valence-corrected chi connectivity index (χ1v) is 3.34. The lowest BCUT2D eigenvalue weighted by molar-refractivity contribution is 0.349. The molecule has 2 heterocycles. The molecule has 2 heteroatoms. The summed E-state index contributed by atoms with van der Waals surface area (Å²) in [5, 5.41) is 3.19. The fourth-order valence-electron chi connectivity index (χ4n) is 1.11. The molecule has 0 bridgehead atoms. The number of nitrogens with one attached hydrogen (secondary N) is 1. The number of fused-ring (bicyclic) bond motifs is 1. The van der Waals surface area contributed by atoms with E-state index in [1.807, 2.05) is 25.3 Å². The molecule has 0 aromatic carbocycles. The van der Waals surface area contributed by atoms with Crippen LogP contribution in [-0.2, 0) is 4.74 Å². The Morgan fingerprint density at radius 3 is 3.40 bits per heavy atom. The lowest BCUT2D eigenvalue weighted by Gasteiger charge is -2.15. The second kappa shape index (κ2) is 1.90. The van der Waals surface area contributed by atoms with Gasteiger partial charge >= 0.3 is 0 Å². The maximum absolute atomic E-state index is 5.20. The zero-order valence-corrected chi connectivity index (χ0v) is 5.79. The van der Waals surface area contributed by atoms with Crippen molar-refractivity contribution in [1.82, 2.24) is 5.32 Å². The summed E-state index contributed by atoms with van der Waals surface area (Å²) in [4.78, 5) is 0. The van der Waals surface area contributed by atoms with Crippen molar-refractivity contribution < 1.29 is 4.74 Å². The maximum atomic E-state index is 5.20. The number of ether oxygens (including phenoxy) is 1. The van der Waals surface area contributed by atoms with Gasteiger partial charge < -0.3 is 10.1 Å². The Labute approximate surface area is 59.9 Å². The Hall–Kier alpha value is -1.18. The fourth-order valence-corrected chi connectivity index (χ4v) is 1.11. The van der Waals surface area contributed by atoms with Gasteiger partial charge in [0.05, 0.1) is 6.26 Å². The van der Waals surface area contributed by atoms with Crippen LogP contribution in [-0.4, -0.2) is 6.04 Å². The minimum absolute atomic E-state index is 0.281. The van der Waals surface area contributed by atoms with Crippen LogP contribution >= 0.6 is 0 Å². The van der Waals surface area contributed by atoms with Crippen LogP contribution in [0.3, 0.4) is 0 Å². The van der Waals surface area contributed by atoms with Gasteiger partial charge in [-0.25, -0.2) is 0 Å². The minimum atomic E-state index is 0.281. The van der Waals surface area contributed by atoms with Gasteiger partial charge in [0.2, 0.25) is 0 Å². The van der Waals surface area contributed by atoms with Crippen molar-refractivity contribution >= 4 is 0 Å². The first kappa shape index (κ1) is 5.59. The monoisotopic (exact) mass is 135 g/mol. The molecule has 2 aliphatic heterocycles. The Morgan fingerprint density at radius 1 is 1.60 bits per heavy atom. The Kier molecular flexibility index (Phi) is 1.07. The van der Waals surface area contributed by atoms with E-state index in [1.54, 1.807) is 6.26 Å². The van der Waals surface area contributed by atoms with Crippen molar-refractivity contribution in [2.75, 3.05) is 0 Å². The molecule has 0 saturated carbocycles. The third-order valence-electron chi connectivity index (χ3n) is 1.64. The molecule has 52 valence electrons. The van der Waals surface area contributed by atoms with Crippen LogP contribution in [0, 0.1) is 0 Å². The number of dihydropyridines is 1. The van der Waals surface area contributed by atoms with Crippen LogP contribution in [0.15, 0.2) is 35.9 Å². The second-order valence-electron chi connectivity index (χ2n) is 2.53. The van der Waals surface area contributed by atoms with Crippen molar-refractivity contribution in [2.45, 2.75) is 13.0 Å². The van der Waals surface area contributed by atoms with Gasteiger partial charge in [0.15, 0.2) is 0 Å². The summed E-state index contributed by atoms with van der Waals surface area (Å²) in [7, 11) is 0. The van der Waals surface area contributed by atoms with E-state index in [0.717, 1.165) is 5.76 Å². The molecule has 1 N–H and O–H groups in total. The molecule has 0 radical (unpaired) electrons. The maximum Gasteiger partial charge on any atom is 0.130 e. The van der Waals surface area contributed by atoms with Crippen LogP contribution in [0.5, 0.6) is 0 Å². The van der Waals surface area contributed by atoms with Crippen LogP contribution in [0.4, 0.5) is 0 Å². The van der Waals surface area contributed by atoms with Crippen LogP contribution in [0.1, 0.15) is 6.92 Å². The third kappa shape index (κ3) is 0.727. The summed E-state index contributed by atoms with van der Waals surface area (Å²) in [6.07, 6.45) is 7.75. The normalized spacial score (nSPS) is 27.9. The number of hydrogen-bond donors (Lipinski definition) is 1. The lowest BCUT2D eigenvalue weighted by atomic mass is 10.1. The van der Waals surface area contributed by atoms with Crippen LogP contribution < -0.4 is 5.32 Å². The van der Waals surface area contributed by atoms with Gasteiger partial charge in [0.25, 0.3) is 0 Å². The molecular weight excluding hydrogens is 126 g/mol. The predicted octanol–water partition coefficient (Wildman–Crippen LogP) is 1.29. The smallest absolute Gasteiger partial charge is 0.130 e. The highest BCUT2D eigenvalue weighted by Gasteiger charge is 2.18. The third-order valence-corrected chi connectivity index (χ3v) is 1.64. The summed E-state index contributed by atoms with van der Waals surface area (Å²) < 4.78 is 5.20. The van der Waals surface area contributed by atoms with E-state index >= 15 is 0 Å². The van der Waals surface area contributed by atoms with E-state index in [-0.39, 0.29) is 6.04 Å². The molecule has 10 heavy (non-hydrogen) atoms. The zero-order chi connectivity index (χ0) is 6.97. The predicted molar refractivity (Wildman–Crippen MR) is 39.0 cm³/mol. The van der Waals surface area contributed by atoms with Crippen molar-refractivity contribution in [3.05, 3.63) is 35.9 Å². The molecule has 0 aromatic rings. The number of hydrogen-bond acceptors (Lipinski definition) is 2. The Balaban J connectivity index is 2.29. The molecule has 0 aromatic heterocycles. The van der Waals surface area contributed by atoms with E-state index in [2.05, 4.69) is 5.32 Å². The van der Waals surface area contributed by atoms with Crippen LogP contribution in [0.25, 0.3) is 0 Å². The number of rotatable bonds is 0. The van der Waals surface area contributed by atoms with E-state index in [1.165, 1.54) is 5.57 Å². The summed E-state index contributed by atoms with van der Waals surface area (Å²) in [5.74, 6) is 1.00. The summed E-state index contributed by atoms with van der Waals surface area (Å²) in [5.41, 5.74) is 1.20. The van der Waals surface area contributed by atoms with Crippen molar-refractivity contribution in [1.29, 1.82) is 0 Å². The molecule has 0 amide bonds. The minimum Gasteiger partial charge on any atom is -0.467 e. The molecule has 2 aliphatic rings. The molecule has 0 fully saturated rings. The molecule has 0 spiro atoms. The van der Waals surface area contributed by atoms with Gasteiger partial charge in [-0.3, -0.25) is 0 Å². The summed E-state index contributed by atoms with van der Waals surface area (Å²) in [6, 6.07) is 0.281. The highest BCUT2D eigenvalue weighted by Crippen LogP contribution is 2.19. The molecule has 2 nitrogen and oxygen atoms in total. The first-order chi connectivity index (χ1) is 4.86. The molecule has 1 atom stereocenters. The molecule has 0 saturated heterocycles. The van der Waals surface area contributed by atoms with Crippen molar-refractivity contribution in [3.63, 3.8) is 0 Å². The largest absolute Gasteiger partial charge is 0.467 e. The van der Waals surface area contributed by atoms with Gasteiger partial charge in [-0.2, -0.15) is 0 Å². The molecular formula is C8H9NO. The van der Waals surface area contributed by atoms with E-state index in [4.69, 9.17) is 4.74 Å². The molecule has 0 aliphatic carbocycles. The van der Waals surface area contributed by atoms with E-state index in [0.29, 0.717) is 0 Å². The topological polar surface area (TPSA) is 21.3 Å². The van der Waals surface area contributed by atoms with E-state index in [9.17, 15) is 0 Å². The Morgan fingerprint density at radius 2 is 2.50 bits per heavy atom. The second-order valence-corrected chi connectivity index (χ2v) is 2.53. The fraction of sp³-hybridized carbons (Fsp3) is 0.250. The van der Waals surface area contributed by atoms with E-state index < -0.39 is 0 Å². The van der Waals surface area contributed by atoms with Gasteiger partial charge in [-0.15, -0.1) is 0 Å². The highest BCUT2D eigenvalue weighted by atomic mass is 16.5. The standard InChI is InChI=1S/C8H9NO/c1-6-4-8-7(9-5-6)2-3-10-8/h2-5,7,9H,1H3. The van der Waals surface area contributed by atoms with Crippen molar-refractivity contribution in [2.24, 2.45) is 0 Å². The summed E-state index contributed by atoms with van der Waals surface area (Å²) in [6.45, 7) is 2.04. The zero-order valence-electron chi connectivity index (χ0n) is 5.79. The summed E-state index contributed by atoms with van der Waals surface area (Å²) >= 11 is 0. The van der Waals surface area contributed by atoms with Crippen LogP contribution in [0.2, 0.25) is 0 Å². The SMILES string of the molecule is CC1=CNC2C=COC2=C1. The quantitative estimate of drug-likeness (QED) is 0.540. The average molecular weight is 135 g/mol. The van der Waals surface area contributed by atoms with Gasteiger partial charge in [0.1, 0.15) is 11.8 Å². The highest BCUT2D eigenvalue weighted by molar-refractivity contribution is 5.31. The first-order valence-electron chi connectivity index (χ1n) is 3.34. The molecule has 1 unspecified atom stereocenters. The van der Waals surface area contributed by atoms with Gasteiger partial charge in [-0.05, 0) is 24.6 Å². The van der Waals surface area contributed by atoms with Gasteiger partial charge in [0, 0.05) is 6.20 Å². The molecule has 2 rings (SSSR count). The average Bonchev–Trinajstić information content (AvgIpc) is 2.33. The van der Waals surface area contributed by atoms with Crippen molar-refractivity contribution in [3.8, 4) is 0 Å². The van der Waals surface area contributed by atoms with Gasteiger partial charge in [-0.1, -0.05) is 0 Å². The number of allylic oxidation sites excluding steroid dienone is 2. The lowest BCUT2D eigenvalue weighted by Crippen LogP contribution is -2.24.